The lowest BCUT2D eigenvalue weighted by Gasteiger charge is -2.10. The molecule has 1 heterocycles. The van der Waals surface area contributed by atoms with Crippen LogP contribution in [0.25, 0.3) is 6.08 Å². The zero-order valence-corrected chi connectivity index (χ0v) is 20.3. The lowest BCUT2D eigenvalue weighted by molar-refractivity contribution is -0.385. The fourth-order valence-corrected chi connectivity index (χ4v) is 5.17. The molecule has 38 heavy (non-hydrogen) atoms. The molecule has 3 aromatic rings. The van der Waals surface area contributed by atoms with E-state index in [9.17, 15) is 38.6 Å². The van der Waals surface area contributed by atoms with Crippen LogP contribution in [0.15, 0.2) is 48.0 Å². The van der Waals surface area contributed by atoms with Gasteiger partial charge in [0, 0.05) is 10.9 Å². The van der Waals surface area contributed by atoms with E-state index in [1.807, 2.05) is 6.07 Å². The topological polar surface area (TPSA) is 129 Å². The second-order valence-electron chi connectivity index (χ2n) is 8.26. The van der Waals surface area contributed by atoms with Crippen molar-refractivity contribution in [3.63, 3.8) is 0 Å². The SMILES string of the molecule is N#C/C(=C\c1ccc(Oc2ccc(C(F)(F)F)cc2[N+](=O)[O-])cc1)C(=O)Nc1sc2c(c1C#N)CCCC2. The number of carbonyl (C=O) groups is 1. The highest BCUT2D eigenvalue weighted by Gasteiger charge is 2.33. The van der Waals surface area contributed by atoms with Gasteiger partial charge in [0.2, 0.25) is 5.75 Å². The van der Waals surface area contributed by atoms with Crippen LogP contribution in [0.2, 0.25) is 0 Å². The molecule has 0 saturated heterocycles. The molecule has 4 rings (SSSR count). The largest absolute Gasteiger partial charge is 0.450 e. The molecule has 0 bridgehead atoms. The van der Waals surface area contributed by atoms with Gasteiger partial charge in [-0.2, -0.15) is 23.7 Å². The Bertz CT molecular complexity index is 1530. The highest BCUT2D eigenvalue weighted by atomic mass is 32.1. The molecule has 0 unspecified atom stereocenters. The van der Waals surface area contributed by atoms with Gasteiger partial charge in [0.1, 0.15) is 28.5 Å². The number of nitriles is 2. The molecular formula is C26H17F3N4O4S. The van der Waals surface area contributed by atoms with Crippen LogP contribution in [-0.4, -0.2) is 10.8 Å². The van der Waals surface area contributed by atoms with Crippen LogP contribution < -0.4 is 10.1 Å². The quantitative estimate of drug-likeness (QED) is 0.160. The summed E-state index contributed by atoms with van der Waals surface area (Å²) in [5.74, 6) is -0.963. The van der Waals surface area contributed by atoms with Crippen molar-refractivity contribution in [2.45, 2.75) is 31.9 Å². The lowest BCUT2D eigenvalue weighted by atomic mass is 9.96. The number of thiophene rings is 1. The predicted octanol–water partition coefficient (Wildman–Crippen LogP) is 6.76. The number of alkyl halides is 3. The summed E-state index contributed by atoms with van der Waals surface area (Å²) in [6.07, 6.45) is 0.174. The number of anilines is 1. The molecule has 1 aromatic heterocycles. The third-order valence-electron chi connectivity index (χ3n) is 5.78. The number of aryl methyl sites for hydroxylation is 1. The van der Waals surface area contributed by atoms with Crippen molar-refractivity contribution in [1.29, 1.82) is 10.5 Å². The van der Waals surface area contributed by atoms with Crippen LogP contribution in [0.1, 0.15) is 40.0 Å². The number of benzene rings is 2. The van der Waals surface area contributed by atoms with Crippen molar-refractivity contribution in [2.24, 2.45) is 0 Å². The number of hydrogen-bond donors (Lipinski definition) is 1. The second-order valence-corrected chi connectivity index (χ2v) is 9.36. The van der Waals surface area contributed by atoms with Gasteiger partial charge in [-0.1, -0.05) is 12.1 Å². The van der Waals surface area contributed by atoms with E-state index < -0.39 is 28.3 Å². The Labute approximate surface area is 218 Å². The predicted molar refractivity (Wildman–Crippen MR) is 133 cm³/mol. The third kappa shape index (κ3) is 5.66. The number of nitro groups is 1. The van der Waals surface area contributed by atoms with Gasteiger partial charge < -0.3 is 10.1 Å². The number of hydrogen-bond acceptors (Lipinski definition) is 7. The molecule has 1 aliphatic rings. The fraction of sp³-hybridized carbons (Fsp3) is 0.192. The third-order valence-corrected chi connectivity index (χ3v) is 6.98. The number of rotatable bonds is 6. The maximum absolute atomic E-state index is 12.9. The first-order valence-corrected chi connectivity index (χ1v) is 12.0. The Balaban J connectivity index is 1.51. The molecule has 0 atom stereocenters. The smallest absolute Gasteiger partial charge is 0.416 e. The van der Waals surface area contributed by atoms with Gasteiger partial charge in [-0.15, -0.1) is 11.3 Å². The van der Waals surface area contributed by atoms with Crippen LogP contribution in [-0.2, 0) is 23.8 Å². The van der Waals surface area contributed by atoms with Crippen molar-refractivity contribution < 1.29 is 27.6 Å². The van der Waals surface area contributed by atoms with E-state index in [4.69, 9.17) is 4.74 Å². The Kier molecular flexibility index (Phi) is 7.46. The molecule has 0 aliphatic heterocycles. The minimum Gasteiger partial charge on any atom is -0.450 e. The number of ether oxygens (including phenoxy) is 1. The Morgan fingerprint density at radius 3 is 2.47 bits per heavy atom. The Hall–Kier alpha value is -4.68. The molecular weight excluding hydrogens is 521 g/mol. The molecule has 0 fully saturated rings. The van der Waals surface area contributed by atoms with Gasteiger partial charge in [0.05, 0.1) is 16.1 Å². The maximum Gasteiger partial charge on any atom is 0.416 e. The first-order valence-electron chi connectivity index (χ1n) is 11.2. The second kappa shape index (κ2) is 10.7. The molecule has 2 aromatic carbocycles. The molecule has 1 aliphatic carbocycles. The number of carbonyl (C=O) groups excluding carboxylic acids is 1. The highest BCUT2D eigenvalue weighted by Crippen LogP contribution is 2.39. The first kappa shape index (κ1) is 26.4. The minimum atomic E-state index is -4.75. The number of fused-ring (bicyclic) bond motifs is 1. The lowest BCUT2D eigenvalue weighted by Crippen LogP contribution is -2.13. The molecule has 0 spiro atoms. The molecule has 0 saturated carbocycles. The van der Waals surface area contributed by atoms with Crippen molar-refractivity contribution >= 4 is 34.0 Å². The van der Waals surface area contributed by atoms with Crippen molar-refractivity contribution in [2.75, 3.05) is 5.32 Å². The number of halogens is 3. The van der Waals surface area contributed by atoms with E-state index in [-0.39, 0.29) is 17.1 Å². The van der Waals surface area contributed by atoms with E-state index in [1.165, 1.54) is 41.7 Å². The van der Waals surface area contributed by atoms with E-state index >= 15 is 0 Å². The van der Waals surface area contributed by atoms with Gasteiger partial charge in [-0.3, -0.25) is 14.9 Å². The number of nitrogens with one attached hydrogen (secondary N) is 1. The van der Waals surface area contributed by atoms with Gasteiger partial charge in [0.25, 0.3) is 5.91 Å². The van der Waals surface area contributed by atoms with Crippen molar-refractivity contribution in [3.8, 4) is 23.6 Å². The molecule has 192 valence electrons. The molecule has 8 nitrogen and oxygen atoms in total. The number of amides is 1. The van der Waals surface area contributed by atoms with Gasteiger partial charge >= 0.3 is 11.9 Å². The number of nitro benzene ring substituents is 1. The zero-order valence-electron chi connectivity index (χ0n) is 19.5. The summed E-state index contributed by atoms with van der Waals surface area (Å²) in [4.78, 5) is 24.1. The van der Waals surface area contributed by atoms with E-state index in [0.29, 0.717) is 28.3 Å². The van der Waals surface area contributed by atoms with Crippen LogP contribution in [0.5, 0.6) is 11.5 Å². The maximum atomic E-state index is 12.9. The van der Waals surface area contributed by atoms with E-state index in [1.54, 1.807) is 0 Å². The number of nitrogens with zero attached hydrogens (tertiary/aromatic N) is 3. The monoisotopic (exact) mass is 538 g/mol. The Morgan fingerprint density at radius 2 is 1.84 bits per heavy atom. The van der Waals surface area contributed by atoms with E-state index in [0.717, 1.165) is 42.2 Å². The summed E-state index contributed by atoms with van der Waals surface area (Å²) in [6, 6.07) is 11.6. The summed E-state index contributed by atoms with van der Waals surface area (Å²) in [5, 5.41) is 33.4. The standard InChI is InChI=1S/C26H17F3N4O4S/c27-26(28,29)17-7-10-22(21(12-17)33(35)36)37-18-8-5-15(6-9-18)11-16(13-30)24(34)32-25-20(14-31)19-3-1-2-4-23(19)38-25/h5-12H,1-4H2,(H,32,34)/b16-11+. The molecule has 0 radical (unpaired) electrons. The van der Waals surface area contributed by atoms with Gasteiger partial charge in [0.15, 0.2) is 0 Å². The average molecular weight is 539 g/mol. The first-order chi connectivity index (χ1) is 18.1. The normalized spacial score (nSPS) is 13.1. The summed E-state index contributed by atoms with van der Waals surface area (Å²) in [7, 11) is 0. The van der Waals surface area contributed by atoms with Crippen LogP contribution in [0.3, 0.4) is 0 Å². The fourth-order valence-electron chi connectivity index (χ4n) is 3.94. The van der Waals surface area contributed by atoms with Crippen LogP contribution in [0.4, 0.5) is 23.9 Å². The average Bonchev–Trinajstić information content (AvgIpc) is 3.24. The molecule has 1 N–H and O–H groups in total. The summed E-state index contributed by atoms with van der Waals surface area (Å²) >= 11 is 1.34. The van der Waals surface area contributed by atoms with Gasteiger partial charge in [-0.25, -0.2) is 0 Å². The van der Waals surface area contributed by atoms with Crippen LogP contribution in [0, 0.1) is 32.8 Å². The summed E-state index contributed by atoms with van der Waals surface area (Å²) < 4.78 is 44.1. The van der Waals surface area contributed by atoms with E-state index in [2.05, 4.69) is 11.4 Å². The van der Waals surface area contributed by atoms with Crippen molar-refractivity contribution in [1.82, 2.24) is 0 Å². The zero-order chi connectivity index (χ0) is 27.4. The molecule has 1 amide bonds. The van der Waals surface area contributed by atoms with Crippen molar-refractivity contribution in [3.05, 3.63) is 85.3 Å². The molecule has 12 heteroatoms. The summed E-state index contributed by atoms with van der Waals surface area (Å²) in [5.41, 5.74) is -0.438. The highest BCUT2D eigenvalue weighted by molar-refractivity contribution is 7.16. The minimum absolute atomic E-state index is 0.0933. The Morgan fingerprint density at radius 1 is 1.13 bits per heavy atom. The van der Waals surface area contributed by atoms with Gasteiger partial charge in [-0.05, 0) is 67.2 Å². The van der Waals surface area contributed by atoms with Crippen LogP contribution >= 0.6 is 11.3 Å². The summed E-state index contributed by atoms with van der Waals surface area (Å²) in [6.45, 7) is 0.